The summed E-state index contributed by atoms with van der Waals surface area (Å²) in [5.41, 5.74) is 0. The highest BCUT2D eigenvalue weighted by atomic mass is 32.2. The van der Waals surface area contributed by atoms with Crippen LogP contribution in [0.25, 0.3) is 0 Å². The Morgan fingerprint density at radius 2 is 1.60 bits per heavy atom. The van der Waals surface area contributed by atoms with E-state index in [9.17, 15) is 8.76 Å². The lowest BCUT2D eigenvalue weighted by Crippen LogP contribution is -2.12. The highest BCUT2D eigenvalue weighted by Gasteiger charge is 2.11. The molecule has 1 unspecified atom stereocenters. The summed E-state index contributed by atoms with van der Waals surface area (Å²) in [7, 11) is 0. The monoisotopic (exact) mass is 161 g/mol. The predicted molar refractivity (Wildman–Crippen MR) is 40.4 cm³/mol. The molecule has 0 bridgehead atoms. The van der Waals surface area contributed by atoms with E-state index in [0.717, 1.165) is 25.7 Å². The molecule has 0 aromatic heterocycles. The quantitative estimate of drug-likeness (QED) is 0.433. The third-order valence-corrected chi connectivity index (χ3v) is 3.09. The Labute approximate surface area is 64.3 Å². The second kappa shape index (κ2) is 4.09. The SMILES string of the molecule is O=S([O-])C1CCCCCC1. The van der Waals surface area contributed by atoms with Crippen LogP contribution in [-0.2, 0) is 11.1 Å². The minimum Gasteiger partial charge on any atom is -0.772 e. The first kappa shape index (κ1) is 8.21. The second-order valence-electron chi connectivity index (χ2n) is 2.87. The molecule has 0 aromatic rings. The third kappa shape index (κ3) is 2.39. The van der Waals surface area contributed by atoms with Gasteiger partial charge in [-0.3, -0.25) is 4.21 Å². The molecule has 0 saturated heterocycles. The summed E-state index contributed by atoms with van der Waals surface area (Å²) in [4.78, 5) is 0. The first-order valence-electron chi connectivity index (χ1n) is 3.89. The predicted octanol–water partition coefficient (Wildman–Crippen LogP) is 1.59. The molecule has 1 fully saturated rings. The van der Waals surface area contributed by atoms with Crippen LogP contribution in [0.1, 0.15) is 38.5 Å². The zero-order chi connectivity index (χ0) is 7.40. The van der Waals surface area contributed by atoms with Gasteiger partial charge < -0.3 is 4.55 Å². The van der Waals surface area contributed by atoms with Crippen molar-refractivity contribution in [2.45, 2.75) is 43.8 Å². The molecule has 0 amide bonds. The van der Waals surface area contributed by atoms with Gasteiger partial charge in [-0.1, -0.05) is 36.8 Å². The molecule has 1 rings (SSSR count). The molecule has 60 valence electrons. The molecule has 1 aliphatic rings. The lowest BCUT2D eigenvalue weighted by atomic mass is 10.2. The van der Waals surface area contributed by atoms with Crippen molar-refractivity contribution in [1.82, 2.24) is 0 Å². The molecule has 1 saturated carbocycles. The van der Waals surface area contributed by atoms with E-state index in [1.165, 1.54) is 12.8 Å². The Morgan fingerprint density at radius 3 is 2.00 bits per heavy atom. The van der Waals surface area contributed by atoms with Crippen LogP contribution in [0.5, 0.6) is 0 Å². The van der Waals surface area contributed by atoms with Crippen molar-refractivity contribution >= 4 is 11.1 Å². The van der Waals surface area contributed by atoms with E-state index in [1.807, 2.05) is 0 Å². The summed E-state index contributed by atoms with van der Waals surface area (Å²) in [5.74, 6) is 0. The van der Waals surface area contributed by atoms with Crippen LogP contribution < -0.4 is 0 Å². The largest absolute Gasteiger partial charge is 0.772 e. The van der Waals surface area contributed by atoms with Gasteiger partial charge in [-0.2, -0.15) is 0 Å². The molecular formula is C7H13O2S-. The summed E-state index contributed by atoms with van der Waals surface area (Å²) >= 11 is -1.81. The second-order valence-corrected chi connectivity index (χ2v) is 4.06. The molecule has 0 N–H and O–H groups in total. The smallest absolute Gasteiger partial charge is 0.0215 e. The number of hydrogen-bond donors (Lipinski definition) is 0. The van der Waals surface area contributed by atoms with Gasteiger partial charge in [0.15, 0.2) is 0 Å². The van der Waals surface area contributed by atoms with Crippen LogP contribution in [0.3, 0.4) is 0 Å². The lowest BCUT2D eigenvalue weighted by molar-refractivity contribution is 0.510. The molecule has 1 aliphatic carbocycles. The molecule has 0 aromatic carbocycles. The molecule has 0 spiro atoms. The fourth-order valence-electron chi connectivity index (χ4n) is 1.43. The van der Waals surface area contributed by atoms with E-state index in [-0.39, 0.29) is 5.25 Å². The zero-order valence-electron chi connectivity index (χ0n) is 6.04. The molecule has 0 heterocycles. The molecular weight excluding hydrogens is 148 g/mol. The average Bonchev–Trinajstić information content (AvgIpc) is 2.12. The van der Waals surface area contributed by atoms with Crippen molar-refractivity contribution in [2.24, 2.45) is 0 Å². The van der Waals surface area contributed by atoms with Crippen LogP contribution in [0.15, 0.2) is 0 Å². The van der Waals surface area contributed by atoms with Gasteiger partial charge in [0, 0.05) is 5.25 Å². The van der Waals surface area contributed by atoms with E-state index in [1.54, 1.807) is 0 Å². The van der Waals surface area contributed by atoms with Crippen molar-refractivity contribution in [3.63, 3.8) is 0 Å². The molecule has 3 heteroatoms. The summed E-state index contributed by atoms with van der Waals surface area (Å²) in [6.45, 7) is 0. The van der Waals surface area contributed by atoms with E-state index in [2.05, 4.69) is 0 Å². The summed E-state index contributed by atoms with van der Waals surface area (Å²) in [5, 5.41) is -0.0394. The molecule has 0 radical (unpaired) electrons. The Kier molecular flexibility index (Phi) is 3.35. The lowest BCUT2D eigenvalue weighted by Gasteiger charge is -2.16. The Morgan fingerprint density at radius 1 is 1.10 bits per heavy atom. The summed E-state index contributed by atoms with van der Waals surface area (Å²) in [6.07, 6.45) is 6.39. The van der Waals surface area contributed by atoms with Gasteiger partial charge in [0.25, 0.3) is 0 Å². The first-order valence-corrected chi connectivity index (χ1v) is 5.02. The maximum absolute atomic E-state index is 10.5. The van der Waals surface area contributed by atoms with Crippen LogP contribution >= 0.6 is 0 Å². The van der Waals surface area contributed by atoms with Crippen LogP contribution in [0.2, 0.25) is 0 Å². The Balaban J connectivity index is 2.35. The van der Waals surface area contributed by atoms with E-state index >= 15 is 0 Å². The van der Waals surface area contributed by atoms with Crippen LogP contribution in [-0.4, -0.2) is 14.0 Å². The minimum absolute atomic E-state index is 0.0394. The number of hydrogen-bond acceptors (Lipinski definition) is 2. The van der Waals surface area contributed by atoms with Crippen molar-refractivity contribution in [1.29, 1.82) is 0 Å². The standard InChI is InChI=1S/C7H14O2S/c8-10(9)7-5-3-1-2-4-6-7/h7H,1-6H2,(H,8,9)/p-1. The van der Waals surface area contributed by atoms with Gasteiger partial charge >= 0.3 is 0 Å². The third-order valence-electron chi connectivity index (χ3n) is 2.07. The maximum atomic E-state index is 10.5. The van der Waals surface area contributed by atoms with E-state index in [4.69, 9.17) is 0 Å². The van der Waals surface area contributed by atoms with Crippen molar-refractivity contribution < 1.29 is 8.76 Å². The van der Waals surface area contributed by atoms with E-state index < -0.39 is 11.1 Å². The highest BCUT2D eigenvalue weighted by molar-refractivity contribution is 7.79. The average molecular weight is 161 g/mol. The van der Waals surface area contributed by atoms with Gasteiger partial charge in [-0.15, -0.1) is 0 Å². The van der Waals surface area contributed by atoms with Crippen molar-refractivity contribution in [3.05, 3.63) is 0 Å². The molecule has 2 nitrogen and oxygen atoms in total. The zero-order valence-corrected chi connectivity index (χ0v) is 6.86. The fourth-order valence-corrected chi connectivity index (χ4v) is 2.15. The summed E-state index contributed by atoms with van der Waals surface area (Å²) in [6, 6.07) is 0. The van der Waals surface area contributed by atoms with Gasteiger partial charge in [0.1, 0.15) is 0 Å². The topological polar surface area (TPSA) is 40.1 Å². The van der Waals surface area contributed by atoms with Gasteiger partial charge in [-0.25, -0.2) is 0 Å². The molecule has 10 heavy (non-hydrogen) atoms. The normalized spacial score (nSPS) is 25.7. The molecule has 1 atom stereocenters. The Bertz CT molecular complexity index is 117. The maximum Gasteiger partial charge on any atom is 0.0215 e. The van der Waals surface area contributed by atoms with Crippen molar-refractivity contribution in [2.75, 3.05) is 0 Å². The van der Waals surface area contributed by atoms with E-state index in [0.29, 0.717) is 0 Å². The van der Waals surface area contributed by atoms with Gasteiger partial charge in [0.2, 0.25) is 0 Å². The Hall–Kier alpha value is 0.110. The minimum atomic E-state index is -1.81. The van der Waals surface area contributed by atoms with Crippen LogP contribution in [0.4, 0.5) is 0 Å². The first-order chi connectivity index (χ1) is 4.80. The van der Waals surface area contributed by atoms with Crippen molar-refractivity contribution in [3.8, 4) is 0 Å². The fraction of sp³-hybridized carbons (Fsp3) is 1.00. The van der Waals surface area contributed by atoms with Gasteiger partial charge in [-0.05, 0) is 12.8 Å². The highest BCUT2D eigenvalue weighted by Crippen LogP contribution is 2.20. The summed E-state index contributed by atoms with van der Waals surface area (Å²) < 4.78 is 21.0. The number of rotatable bonds is 1. The van der Waals surface area contributed by atoms with Crippen LogP contribution in [0, 0.1) is 0 Å². The molecule has 0 aliphatic heterocycles. The van der Waals surface area contributed by atoms with Gasteiger partial charge in [0.05, 0.1) is 0 Å².